The van der Waals surface area contributed by atoms with Gasteiger partial charge >= 0.3 is 0 Å². The number of ether oxygens (including phenoxy) is 1. The van der Waals surface area contributed by atoms with Gasteiger partial charge in [0.25, 0.3) is 5.85 Å². The van der Waals surface area contributed by atoms with Gasteiger partial charge < -0.3 is 19.9 Å². The van der Waals surface area contributed by atoms with Crippen molar-refractivity contribution in [3.05, 3.63) is 21.4 Å². The van der Waals surface area contributed by atoms with Crippen LogP contribution in [0.1, 0.15) is 13.2 Å². The third-order valence-corrected chi connectivity index (χ3v) is 3.74. The van der Waals surface area contributed by atoms with Gasteiger partial charge in [0.2, 0.25) is 0 Å². The van der Waals surface area contributed by atoms with E-state index in [9.17, 15) is 18.3 Å². The molecule has 0 amide bonds. The summed E-state index contributed by atoms with van der Waals surface area (Å²) in [6.07, 6.45) is -3.28. The van der Waals surface area contributed by atoms with Crippen LogP contribution in [-0.2, 0) is 4.74 Å². The third-order valence-electron chi connectivity index (χ3n) is 3.13. The summed E-state index contributed by atoms with van der Waals surface area (Å²) in [6.45, 7) is -0.399. The van der Waals surface area contributed by atoms with E-state index in [-0.39, 0.29) is 9.41 Å². The van der Waals surface area contributed by atoms with Gasteiger partial charge in [-0.1, -0.05) is 12.2 Å². The molecule has 1 aliphatic heterocycles. The highest BCUT2D eigenvalue weighted by Crippen LogP contribution is 2.47. The second kappa shape index (κ2) is 4.88. The van der Waals surface area contributed by atoms with Crippen LogP contribution < -0.4 is 0 Å². The molecule has 0 aromatic carbocycles. The number of aliphatic hydroxyl groups is 2. The zero-order valence-electron chi connectivity index (χ0n) is 10.1. The Hall–Kier alpha value is -0.810. The van der Waals surface area contributed by atoms with Gasteiger partial charge in [0, 0.05) is 6.20 Å². The van der Waals surface area contributed by atoms with Crippen LogP contribution in [0.2, 0.25) is 0 Å². The number of aromatic nitrogens is 2. The van der Waals surface area contributed by atoms with E-state index in [2.05, 4.69) is 17.2 Å². The quantitative estimate of drug-likeness (QED) is 0.721. The zero-order chi connectivity index (χ0) is 15.3. The fourth-order valence-corrected chi connectivity index (χ4v) is 2.47. The summed E-state index contributed by atoms with van der Waals surface area (Å²) in [5.41, 5.74) is -2.64. The Bertz CT molecular complexity index is 647. The second-order valence-corrected chi connectivity index (χ2v) is 5.41. The average Bonchev–Trinajstić information content (AvgIpc) is 2.56. The first-order chi connectivity index (χ1) is 9.13. The maximum absolute atomic E-state index is 14.5. The van der Waals surface area contributed by atoms with Gasteiger partial charge in [-0.2, -0.15) is 0 Å². The van der Waals surface area contributed by atoms with Gasteiger partial charge in [-0.15, -0.1) is 0 Å². The Morgan fingerprint density at radius 2 is 2.10 bits per heavy atom. The van der Waals surface area contributed by atoms with Crippen LogP contribution in [0.25, 0.3) is 0 Å². The van der Waals surface area contributed by atoms with Crippen LogP contribution >= 0.6 is 24.4 Å². The van der Waals surface area contributed by atoms with E-state index in [0.29, 0.717) is 0 Å². The molecule has 2 heterocycles. The predicted octanol–water partition coefficient (Wildman–Crippen LogP) is 1.69. The first kappa shape index (κ1) is 15.6. The van der Waals surface area contributed by atoms with Crippen molar-refractivity contribution in [2.75, 3.05) is 6.61 Å². The van der Waals surface area contributed by atoms with Crippen LogP contribution in [0.4, 0.5) is 13.2 Å². The van der Waals surface area contributed by atoms with Gasteiger partial charge in [-0.05, 0) is 19.1 Å². The SMILES string of the molecule is C[C@@]1(F)C(O)[C@@](F)(CO)O[C@H]1n1cc(F)c(=S)[nH]c1=S. The molecule has 2 rings (SSSR count). The molecule has 0 spiro atoms. The van der Waals surface area contributed by atoms with E-state index in [1.165, 1.54) is 0 Å². The average molecular weight is 328 g/mol. The van der Waals surface area contributed by atoms with E-state index < -0.39 is 36.3 Å². The van der Waals surface area contributed by atoms with Gasteiger partial charge in [-0.25, -0.2) is 13.2 Å². The summed E-state index contributed by atoms with van der Waals surface area (Å²) in [6, 6.07) is 0. The molecule has 10 heteroatoms. The van der Waals surface area contributed by atoms with Crippen LogP contribution in [0.3, 0.4) is 0 Å². The monoisotopic (exact) mass is 328 g/mol. The number of halogens is 3. The van der Waals surface area contributed by atoms with Crippen LogP contribution in [0.5, 0.6) is 0 Å². The summed E-state index contributed by atoms with van der Waals surface area (Å²) in [5, 5.41) is 18.5. The van der Waals surface area contributed by atoms with E-state index in [1.807, 2.05) is 0 Å². The number of H-pyrrole nitrogens is 1. The molecule has 1 saturated heterocycles. The molecular weight excluding hydrogens is 317 g/mol. The van der Waals surface area contributed by atoms with Crippen LogP contribution in [0.15, 0.2) is 6.20 Å². The molecule has 1 unspecified atom stereocenters. The standard InChI is InChI=1S/C10H11F3N2O3S2/c1-9(12)6(17)10(13,3-16)18-7(9)15-2-4(11)5(19)14-8(15)20/h2,6-7,16-17H,3H2,1H3,(H,14,19,20)/t6?,7-,9-,10-/m1/s1. The highest BCUT2D eigenvalue weighted by Gasteiger charge is 2.64. The molecule has 0 saturated carbocycles. The molecule has 5 nitrogen and oxygen atoms in total. The molecule has 3 N–H and O–H groups in total. The smallest absolute Gasteiger partial charge is 0.263 e. The molecule has 112 valence electrons. The lowest BCUT2D eigenvalue weighted by Gasteiger charge is -2.25. The summed E-state index contributed by atoms with van der Waals surface area (Å²) < 4.78 is 47.0. The fraction of sp³-hybridized carbons (Fsp3) is 0.600. The van der Waals surface area contributed by atoms with Crippen LogP contribution in [0, 0.1) is 15.2 Å². The van der Waals surface area contributed by atoms with Gasteiger partial charge in [0.05, 0.1) is 0 Å². The normalized spacial score (nSPS) is 37.3. The minimum atomic E-state index is -3.01. The first-order valence-corrected chi connectivity index (χ1v) is 6.30. The summed E-state index contributed by atoms with van der Waals surface area (Å²) in [7, 11) is 0. The van der Waals surface area contributed by atoms with Crippen molar-refractivity contribution in [3.63, 3.8) is 0 Å². The van der Waals surface area contributed by atoms with Crippen molar-refractivity contribution >= 4 is 24.4 Å². The molecule has 0 bridgehead atoms. The number of nitrogens with one attached hydrogen (secondary N) is 1. The van der Waals surface area contributed by atoms with Crippen molar-refractivity contribution in [1.82, 2.24) is 9.55 Å². The third kappa shape index (κ3) is 2.21. The van der Waals surface area contributed by atoms with Crippen molar-refractivity contribution in [2.45, 2.75) is 30.8 Å². The number of rotatable bonds is 2. The summed E-state index contributed by atoms with van der Waals surface area (Å²) >= 11 is 9.46. The first-order valence-electron chi connectivity index (χ1n) is 5.49. The maximum Gasteiger partial charge on any atom is 0.263 e. The Morgan fingerprint density at radius 3 is 2.60 bits per heavy atom. The fourth-order valence-electron chi connectivity index (χ4n) is 2.01. The molecule has 0 aliphatic carbocycles. The van der Waals surface area contributed by atoms with Gasteiger partial charge in [0.1, 0.15) is 11.2 Å². The van der Waals surface area contributed by atoms with E-state index in [0.717, 1.165) is 17.7 Å². The molecular formula is C10H11F3N2O3S2. The predicted molar refractivity (Wildman–Crippen MR) is 67.0 cm³/mol. The minimum Gasteiger partial charge on any atom is -0.390 e. The Balaban J connectivity index is 2.57. The van der Waals surface area contributed by atoms with Crippen molar-refractivity contribution in [3.8, 4) is 0 Å². The highest BCUT2D eigenvalue weighted by molar-refractivity contribution is 7.72. The summed E-state index contributed by atoms with van der Waals surface area (Å²) in [5.74, 6) is -3.92. The minimum absolute atomic E-state index is 0.209. The number of aromatic amines is 1. The molecule has 0 radical (unpaired) electrons. The van der Waals surface area contributed by atoms with E-state index in [1.54, 1.807) is 0 Å². The molecule has 1 fully saturated rings. The largest absolute Gasteiger partial charge is 0.390 e. The molecule has 1 aliphatic rings. The second-order valence-electron chi connectivity index (χ2n) is 4.61. The molecule has 1 aromatic rings. The Labute approximate surface area is 121 Å². The lowest BCUT2D eigenvalue weighted by Crippen LogP contribution is -2.46. The Kier molecular flexibility index (Phi) is 3.80. The number of hydrogen-bond acceptors (Lipinski definition) is 5. The van der Waals surface area contributed by atoms with Crippen LogP contribution in [-0.4, -0.2) is 44.0 Å². The van der Waals surface area contributed by atoms with E-state index >= 15 is 0 Å². The number of alkyl halides is 2. The number of nitrogens with zero attached hydrogens (tertiary/aromatic N) is 1. The maximum atomic E-state index is 14.5. The zero-order valence-corrected chi connectivity index (χ0v) is 11.8. The highest BCUT2D eigenvalue weighted by atomic mass is 32.1. The van der Waals surface area contributed by atoms with Crippen molar-refractivity contribution in [2.24, 2.45) is 0 Å². The van der Waals surface area contributed by atoms with E-state index in [4.69, 9.17) is 22.1 Å². The summed E-state index contributed by atoms with van der Waals surface area (Å²) in [4.78, 5) is 2.29. The van der Waals surface area contributed by atoms with Crippen molar-refractivity contribution < 1.29 is 28.1 Å². The van der Waals surface area contributed by atoms with Crippen molar-refractivity contribution in [1.29, 1.82) is 0 Å². The lowest BCUT2D eigenvalue weighted by atomic mass is 9.97. The molecule has 20 heavy (non-hydrogen) atoms. The number of aliphatic hydroxyl groups excluding tert-OH is 2. The van der Waals surface area contributed by atoms with Gasteiger partial charge in [-0.3, -0.25) is 4.57 Å². The molecule has 4 atom stereocenters. The topological polar surface area (TPSA) is 70.4 Å². The lowest BCUT2D eigenvalue weighted by molar-refractivity contribution is -0.207. The molecule has 1 aromatic heterocycles. The van der Waals surface area contributed by atoms with Gasteiger partial charge in [0.15, 0.2) is 28.6 Å². The number of hydrogen-bond donors (Lipinski definition) is 3. The Morgan fingerprint density at radius 1 is 1.50 bits per heavy atom.